The summed E-state index contributed by atoms with van der Waals surface area (Å²) in [5.41, 5.74) is 5.10. The molecule has 2 aromatic rings. The largest absolute Gasteiger partial charge is 0.331 e. The highest BCUT2D eigenvalue weighted by atomic mass is 32.1. The topological polar surface area (TPSA) is 49.3 Å². The number of benzene rings is 1. The Kier molecular flexibility index (Phi) is 4.73. The Hall–Kier alpha value is -2.34. The molecule has 0 bridgehead atoms. The molecule has 1 aromatic heterocycles. The number of rotatable bonds is 3. The fraction of sp³-hybridized carbons (Fsp3) is 0.0714. The first kappa shape index (κ1) is 14.1. The van der Waals surface area contributed by atoms with E-state index < -0.39 is 0 Å². The molecule has 0 fully saturated rings. The monoisotopic (exact) mass is 288 g/mol. The summed E-state index contributed by atoms with van der Waals surface area (Å²) < 4.78 is 12.8. The van der Waals surface area contributed by atoms with E-state index >= 15 is 0 Å². The molecular weight excluding hydrogens is 275 g/mol. The summed E-state index contributed by atoms with van der Waals surface area (Å²) in [5.74, 6) is -0.292. The normalized spacial score (nSPS) is 11.0. The third-order valence-electron chi connectivity index (χ3n) is 2.51. The van der Waals surface area contributed by atoms with Gasteiger partial charge in [-0.05, 0) is 49.5 Å². The van der Waals surface area contributed by atoms with Crippen LogP contribution >= 0.6 is 12.2 Å². The van der Waals surface area contributed by atoms with E-state index in [2.05, 4.69) is 20.8 Å². The van der Waals surface area contributed by atoms with E-state index in [1.807, 2.05) is 19.1 Å². The van der Waals surface area contributed by atoms with E-state index in [1.54, 1.807) is 24.5 Å². The average molecular weight is 288 g/mol. The zero-order valence-electron chi connectivity index (χ0n) is 10.8. The van der Waals surface area contributed by atoms with Crippen LogP contribution in [0.25, 0.3) is 0 Å². The van der Waals surface area contributed by atoms with Gasteiger partial charge in [0, 0.05) is 23.6 Å². The zero-order valence-corrected chi connectivity index (χ0v) is 11.6. The van der Waals surface area contributed by atoms with Gasteiger partial charge in [0.05, 0.1) is 5.71 Å². The van der Waals surface area contributed by atoms with Crippen LogP contribution < -0.4 is 10.7 Å². The van der Waals surface area contributed by atoms with Crippen LogP contribution in [0.4, 0.5) is 10.1 Å². The first-order chi connectivity index (χ1) is 9.65. The molecular formula is C14H13FN4S. The minimum Gasteiger partial charge on any atom is -0.331 e. The van der Waals surface area contributed by atoms with Crippen LogP contribution in [0.3, 0.4) is 0 Å². The molecule has 6 heteroatoms. The molecule has 20 heavy (non-hydrogen) atoms. The van der Waals surface area contributed by atoms with Crippen LogP contribution in [0.5, 0.6) is 0 Å². The molecule has 0 atom stereocenters. The van der Waals surface area contributed by atoms with Gasteiger partial charge >= 0.3 is 0 Å². The quantitative estimate of drug-likeness (QED) is 0.518. The molecule has 1 aromatic carbocycles. The Bertz CT molecular complexity index is 611. The molecule has 1 heterocycles. The van der Waals surface area contributed by atoms with Gasteiger partial charge in [-0.15, -0.1) is 0 Å². The summed E-state index contributed by atoms with van der Waals surface area (Å²) in [4.78, 5) is 4.02. The molecule has 0 amide bonds. The average Bonchev–Trinajstić information content (AvgIpc) is 2.48. The second-order valence-electron chi connectivity index (χ2n) is 4.01. The van der Waals surface area contributed by atoms with Crippen LogP contribution in [0.15, 0.2) is 53.9 Å². The van der Waals surface area contributed by atoms with Crippen molar-refractivity contribution in [2.75, 3.05) is 5.32 Å². The number of halogens is 1. The number of nitrogens with zero attached hydrogens (tertiary/aromatic N) is 2. The Morgan fingerprint density at radius 3 is 2.65 bits per heavy atom. The first-order valence-electron chi connectivity index (χ1n) is 5.92. The van der Waals surface area contributed by atoms with E-state index in [0.717, 1.165) is 11.3 Å². The number of hydrazone groups is 1. The van der Waals surface area contributed by atoms with Crippen LogP contribution in [-0.4, -0.2) is 15.8 Å². The lowest BCUT2D eigenvalue weighted by molar-refractivity contribution is 0.628. The van der Waals surface area contributed by atoms with Gasteiger partial charge in [0.1, 0.15) is 5.82 Å². The lowest BCUT2D eigenvalue weighted by Gasteiger charge is -2.07. The molecule has 0 aliphatic heterocycles. The highest BCUT2D eigenvalue weighted by Crippen LogP contribution is 2.07. The van der Waals surface area contributed by atoms with E-state index in [9.17, 15) is 4.39 Å². The number of nitrogens with one attached hydrogen (secondary N) is 2. The van der Waals surface area contributed by atoms with Gasteiger partial charge in [-0.3, -0.25) is 10.4 Å². The Morgan fingerprint density at radius 1 is 1.25 bits per heavy atom. The number of anilines is 1. The molecule has 2 rings (SSSR count). The summed E-state index contributed by atoms with van der Waals surface area (Å²) in [6.45, 7) is 1.85. The van der Waals surface area contributed by atoms with Crippen LogP contribution in [0.1, 0.15) is 12.5 Å². The molecule has 2 N–H and O–H groups in total. The van der Waals surface area contributed by atoms with Gasteiger partial charge < -0.3 is 5.32 Å². The maximum atomic E-state index is 12.8. The number of hydrogen-bond acceptors (Lipinski definition) is 3. The van der Waals surface area contributed by atoms with Crippen molar-refractivity contribution in [2.45, 2.75) is 6.92 Å². The third kappa shape index (κ3) is 4.10. The lowest BCUT2D eigenvalue weighted by atomic mass is 10.2. The van der Waals surface area contributed by atoms with Crippen molar-refractivity contribution in [1.29, 1.82) is 0 Å². The van der Waals surface area contributed by atoms with Gasteiger partial charge in [-0.1, -0.05) is 6.07 Å². The molecule has 4 nitrogen and oxygen atoms in total. The van der Waals surface area contributed by atoms with Crippen molar-refractivity contribution in [3.63, 3.8) is 0 Å². The Balaban J connectivity index is 1.93. The summed E-state index contributed by atoms with van der Waals surface area (Å²) in [6.07, 6.45) is 3.42. The van der Waals surface area contributed by atoms with E-state index in [-0.39, 0.29) is 5.82 Å². The standard InChI is InChI=1S/C14H13FN4S/c1-10(11-3-2-8-16-9-11)18-19-14(20)17-13-6-4-12(15)5-7-13/h2-9H,1H3,(H2,17,19,20)/b18-10-. The second kappa shape index (κ2) is 6.72. The first-order valence-corrected chi connectivity index (χ1v) is 6.33. The summed E-state index contributed by atoms with van der Waals surface area (Å²) in [7, 11) is 0. The maximum absolute atomic E-state index is 12.8. The zero-order chi connectivity index (χ0) is 14.4. The van der Waals surface area contributed by atoms with Gasteiger partial charge in [-0.2, -0.15) is 5.10 Å². The molecule has 0 saturated heterocycles. The molecule has 102 valence electrons. The summed E-state index contributed by atoms with van der Waals surface area (Å²) in [5, 5.41) is 7.40. The smallest absolute Gasteiger partial charge is 0.191 e. The molecule has 0 aliphatic carbocycles. The Labute approximate surface area is 121 Å². The molecule has 0 unspecified atom stereocenters. The highest BCUT2D eigenvalue weighted by molar-refractivity contribution is 7.80. The van der Waals surface area contributed by atoms with Crippen molar-refractivity contribution < 1.29 is 4.39 Å². The predicted octanol–water partition coefficient (Wildman–Crippen LogP) is 2.93. The lowest BCUT2D eigenvalue weighted by Crippen LogP contribution is -2.24. The van der Waals surface area contributed by atoms with Crippen LogP contribution in [0.2, 0.25) is 0 Å². The fourth-order valence-corrected chi connectivity index (χ4v) is 1.63. The van der Waals surface area contributed by atoms with Crippen molar-refractivity contribution in [3.05, 3.63) is 60.2 Å². The summed E-state index contributed by atoms with van der Waals surface area (Å²) in [6, 6.07) is 9.65. The van der Waals surface area contributed by atoms with Gasteiger partial charge in [0.25, 0.3) is 0 Å². The minimum atomic E-state index is -0.292. The molecule has 0 aliphatic rings. The summed E-state index contributed by atoms with van der Waals surface area (Å²) >= 11 is 5.10. The number of thiocarbonyl (C=S) groups is 1. The van der Waals surface area contributed by atoms with Gasteiger partial charge in [-0.25, -0.2) is 4.39 Å². The van der Waals surface area contributed by atoms with Gasteiger partial charge in [0.15, 0.2) is 5.11 Å². The van der Waals surface area contributed by atoms with E-state index in [4.69, 9.17) is 12.2 Å². The number of pyridine rings is 1. The van der Waals surface area contributed by atoms with Crippen LogP contribution in [0, 0.1) is 5.82 Å². The number of aromatic nitrogens is 1. The minimum absolute atomic E-state index is 0.292. The van der Waals surface area contributed by atoms with Crippen molar-refractivity contribution in [3.8, 4) is 0 Å². The van der Waals surface area contributed by atoms with Crippen molar-refractivity contribution >= 4 is 28.7 Å². The second-order valence-corrected chi connectivity index (χ2v) is 4.42. The van der Waals surface area contributed by atoms with Crippen molar-refractivity contribution in [2.24, 2.45) is 5.10 Å². The predicted molar refractivity (Wildman–Crippen MR) is 82.2 cm³/mol. The molecule has 0 spiro atoms. The molecule has 0 radical (unpaired) electrons. The van der Waals surface area contributed by atoms with Crippen molar-refractivity contribution in [1.82, 2.24) is 10.4 Å². The van der Waals surface area contributed by atoms with Crippen LogP contribution in [-0.2, 0) is 0 Å². The highest BCUT2D eigenvalue weighted by Gasteiger charge is 1.99. The maximum Gasteiger partial charge on any atom is 0.191 e. The third-order valence-corrected chi connectivity index (χ3v) is 2.70. The van der Waals surface area contributed by atoms with Gasteiger partial charge in [0.2, 0.25) is 0 Å². The fourth-order valence-electron chi connectivity index (χ4n) is 1.47. The number of hydrogen-bond donors (Lipinski definition) is 2. The Morgan fingerprint density at radius 2 is 2.00 bits per heavy atom. The van der Waals surface area contributed by atoms with E-state index in [0.29, 0.717) is 10.8 Å². The molecule has 0 saturated carbocycles. The van der Waals surface area contributed by atoms with E-state index in [1.165, 1.54) is 12.1 Å². The SMILES string of the molecule is C/C(=N/NC(=S)Nc1ccc(F)cc1)c1cccnc1.